The topological polar surface area (TPSA) is 77.6 Å². The van der Waals surface area contributed by atoms with Gasteiger partial charge in [0.05, 0.1) is 18.0 Å². The molecule has 37 heavy (non-hydrogen) atoms. The van der Waals surface area contributed by atoms with Crippen LogP contribution in [0.2, 0.25) is 0 Å². The molecule has 2 aromatic carbocycles. The number of carbonyl (C=O) groups excluding carboxylic acids is 1. The molecule has 8 nitrogen and oxygen atoms in total. The van der Waals surface area contributed by atoms with Gasteiger partial charge in [0.25, 0.3) is 0 Å². The number of hydrogen-bond acceptors (Lipinski definition) is 6. The van der Waals surface area contributed by atoms with Crippen LogP contribution in [0.3, 0.4) is 0 Å². The Morgan fingerprint density at radius 2 is 1.86 bits per heavy atom. The van der Waals surface area contributed by atoms with Gasteiger partial charge < -0.3 is 19.4 Å². The summed E-state index contributed by atoms with van der Waals surface area (Å²) in [5, 5.41) is 8.92. The molecule has 4 heterocycles. The van der Waals surface area contributed by atoms with Gasteiger partial charge in [-0.15, -0.1) is 0 Å². The lowest BCUT2D eigenvalue weighted by atomic mass is 9.91. The van der Waals surface area contributed by atoms with Gasteiger partial charge in [-0.3, -0.25) is 9.89 Å². The maximum Gasteiger partial charge on any atom is 0.238 e. The number of fused-ring (bicyclic) bond motifs is 3. The van der Waals surface area contributed by atoms with Crippen LogP contribution in [0.5, 0.6) is 5.75 Å². The number of amides is 1. The Hall–Kier alpha value is -3.91. The predicted octanol–water partition coefficient (Wildman–Crippen LogP) is 3.79. The number of methoxy groups -OCH3 is 1. The normalized spacial score (nSPS) is 23.2. The lowest BCUT2D eigenvalue weighted by Crippen LogP contribution is -2.44. The number of aromatic nitrogens is 3. The van der Waals surface area contributed by atoms with Crippen molar-refractivity contribution < 1.29 is 9.53 Å². The number of nitrogens with one attached hydrogen (secondary N) is 1. The molecule has 1 saturated heterocycles. The van der Waals surface area contributed by atoms with E-state index in [1.165, 1.54) is 0 Å². The van der Waals surface area contributed by atoms with Crippen LogP contribution in [0.4, 0.5) is 11.5 Å². The summed E-state index contributed by atoms with van der Waals surface area (Å²) >= 11 is 0. The van der Waals surface area contributed by atoms with E-state index in [2.05, 4.69) is 57.4 Å². The summed E-state index contributed by atoms with van der Waals surface area (Å²) in [4.78, 5) is 24.6. The Balaban J connectivity index is 1.17. The highest BCUT2D eigenvalue weighted by molar-refractivity contribution is 6.11. The molecule has 7 rings (SSSR count). The summed E-state index contributed by atoms with van der Waals surface area (Å²) in [6.45, 7) is 4.10. The fraction of sp³-hybridized carbons (Fsp3) is 0.345. The largest absolute Gasteiger partial charge is 0.497 e. The monoisotopic (exact) mass is 494 g/mol. The molecule has 1 saturated carbocycles. The molecule has 4 aromatic rings. The Labute approximate surface area is 215 Å². The van der Waals surface area contributed by atoms with Crippen molar-refractivity contribution in [1.29, 1.82) is 0 Å². The fourth-order valence-electron chi connectivity index (χ4n) is 6.24. The van der Waals surface area contributed by atoms with E-state index in [0.717, 1.165) is 83.1 Å². The summed E-state index contributed by atoms with van der Waals surface area (Å²) in [7, 11) is 5.69. The van der Waals surface area contributed by atoms with Crippen molar-refractivity contribution in [3.8, 4) is 17.0 Å². The van der Waals surface area contributed by atoms with Crippen LogP contribution in [0.25, 0.3) is 22.2 Å². The Morgan fingerprint density at radius 3 is 2.62 bits per heavy atom. The van der Waals surface area contributed by atoms with Gasteiger partial charge in [0.15, 0.2) is 0 Å². The van der Waals surface area contributed by atoms with Crippen molar-refractivity contribution in [2.45, 2.75) is 17.8 Å². The van der Waals surface area contributed by atoms with E-state index in [9.17, 15) is 4.79 Å². The number of anilines is 2. The number of benzene rings is 2. The summed E-state index contributed by atoms with van der Waals surface area (Å²) < 4.78 is 5.47. The van der Waals surface area contributed by atoms with E-state index in [4.69, 9.17) is 9.72 Å². The first-order valence-corrected chi connectivity index (χ1v) is 12.8. The number of carbonyl (C=O) groups is 1. The third-order valence-electron chi connectivity index (χ3n) is 8.53. The zero-order valence-electron chi connectivity index (χ0n) is 21.4. The molecule has 2 aromatic heterocycles. The van der Waals surface area contributed by atoms with Crippen molar-refractivity contribution in [2.75, 3.05) is 57.2 Å². The van der Waals surface area contributed by atoms with Gasteiger partial charge in [0.2, 0.25) is 5.91 Å². The first-order valence-electron chi connectivity index (χ1n) is 12.8. The number of aromatic amines is 1. The number of piperazine rings is 1. The van der Waals surface area contributed by atoms with Gasteiger partial charge in [-0.1, -0.05) is 12.1 Å². The first-order chi connectivity index (χ1) is 18.0. The standard InChI is InChI=1S/C29H30N6O2/c1-33-10-12-35(13-11-33)26-9-5-19(17-30-26)27-21-7-4-18(14-24(21)31-32-27)23-16-29(23)22-15-20(37-3)6-8-25(22)34(2)28(29)36/h4-9,14-15,17,23H,10-13,16H2,1-3H3,(H,31,32)/t23-,29-/m0/s1. The van der Waals surface area contributed by atoms with Crippen LogP contribution < -0.4 is 14.5 Å². The first kappa shape index (κ1) is 22.3. The lowest BCUT2D eigenvalue weighted by Gasteiger charge is -2.33. The highest BCUT2D eigenvalue weighted by atomic mass is 16.5. The zero-order chi connectivity index (χ0) is 25.3. The van der Waals surface area contributed by atoms with Gasteiger partial charge in [-0.25, -0.2) is 4.98 Å². The molecule has 1 spiro atoms. The van der Waals surface area contributed by atoms with Crippen molar-refractivity contribution >= 4 is 28.3 Å². The second kappa shape index (κ2) is 8.05. The SMILES string of the molecule is COc1ccc2c(c1)[C@]1(C[C@H]1c1ccc3c(-c4ccc(N5CCN(C)CC5)nc4)n[nH]c3c1)C(=O)N2C. The molecule has 1 aliphatic carbocycles. The van der Waals surface area contributed by atoms with Crippen LogP contribution >= 0.6 is 0 Å². The Kier molecular flexibility index (Phi) is 4.85. The van der Waals surface area contributed by atoms with Crippen LogP contribution in [0.15, 0.2) is 54.7 Å². The summed E-state index contributed by atoms with van der Waals surface area (Å²) in [5.74, 6) is 2.10. The van der Waals surface area contributed by atoms with Crippen LogP contribution in [0.1, 0.15) is 23.5 Å². The summed E-state index contributed by atoms with van der Waals surface area (Å²) in [6, 6.07) is 16.6. The number of ether oxygens (including phenoxy) is 1. The van der Waals surface area contributed by atoms with E-state index in [-0.39, 0.29) is 11.8 Å². The number of H-pyrrole nitrogens is 1. The highest BCUT2D eigenvalue weighted by Crippen LogP contribution is 2.66. The number of nitrogens with zero attached hydrogens (tertiary/aromatic N) is 5. The number of hydrogen-bond donors (Lipinski definition) is 1. The second-order valence-corrected chi connectivity index (χ2v) is 10.5. The molecule has 188 valence electrons. The van der Waals surface area contributed by atoms with E-state index < -0.39 is 5.41 Å². The van der Waals surface area contributed by atoms with Gasteiger partial charge in [0.1, 0.15) is 17.3 Å². The summed E-state index contributed by atoms with van der Waals surface area (Å²) in [5.41, 5.74) is 5.57. The minimum atomic E-state index is -0.502. The second-order valence-electron chi connectivity index (χ2n) is 10.5. The van der Waals surface area contributed by atoms with Gasteiger partial charge >= 0.3 is 0 Å². The molecule has 2 aliphatic heterocycles. The lowest BCUT2D eigenvalue weighted by molar-refractivity contribution is -0.120. The van der Waals surface area contributed by atoms with Crippen molar-refractivity contribution in [3.05, 3.63) is 65.9 Å². The molecule has 0 unspecified atom stereocenters. The molecule has 2 fully saturated rings. The molecule has 1 N–H and O–H groups in total. The average molecular weight is 495 g/mol. The molecule has 3 aliphatic rings. The molecule has 2 atom stereocenters. The van der Waals surface area contributed by atoms with Crippen LogP contribution in [-0.2, 0) is 10.2 Å². The summed E-state index contributed by atoms with van der Waals surface area (Å²) in [6.07, 6.45) is 2.73. The zero-order valence-corrected chi connectivity index (χ0v) is 21.4. The number of pyridine rings is 1. The highest BCUT2D eigenvalue weighted by Gasteiger charge is 2.66. The fourth-order valence-corrected chi connectivity index (χ4v) is 6.24. The third-order valence-corrected chi connectivity index (χ3v) is 8.53. The van der Waals surface area contributed by atoms with E-state index >= 15 is 0 Å². The number of rotatable bonds is 4. The third kappa shape index (κ3) is 3.28. The molecule has 0 bridgehead atoms. The quantitative estimate of drug-likeness (QED) is 0.465. The molecular formula is C29H30N6O2. The minimum absolute atomic E-state index is 0.136. The molecular weight excluding hydrogens is 464 g/mol. The Morgan fingerprint density at radius 1 is 1.03 bits per heavy atom. The van der Waals surface area contributed by atoms with Gasteiger partial charge in [0, 0.05) is 62.0 Å². The van der Waals surface area contributed by atoms with Crippen molar-refractivity contribution in [1.82, 2.24) is 20.1 Å². The molecule has 1 amide bonds. The van der Waals surface area contributed by atoms with Gasteiger partial charge in [-0.05, 0) is 61.0 Å². The van der Waals surface area contributed by atoms with Crippen LogP contribution in [0, 0.1) is 0 Å². The molecule has 8 heteroatoms. The number of likely N-dealkylation sites (N-methyl/N-ethyl adjacent to an activating group) is 2. The molecule has 0 radical (unpaired) electrons. The van der Waals surface area contributed by atoms with E-state index in [0.29, 0.717) is 0 Å². The van der Waals surface area contributed by atoms with Gasteiger partial charge in [-0.2, -0.15) is 5.10 Å². The van der Waals surface area contributed by atoms with Crippen molar-refractivity contribution in [2.24, 2.45) is 0 Å². The maximum absolute atomic E-state index is 13.4. The average Bonchev–Trinajstić information content (AvgIpc) is 3.50. The van der Waals surface area contributed by atoms with Crippen molar-refractivity contribution in [3.63, 3.8) is 0 Å². The minimum Gasteiger partial charge on any atom is -0.497 e. The predicted molar refractivity (Wildman–Crippen MR) is 144 cm³/mol. The maximum atomic E-state index is 13.4. The smallest absolute Gasteiger partial charge is 0.238 e. The Bertz CT molecular complexity index is 1520. The van der Waals surface area contributed by atoms with E-state index in [1.54, 1.807) is 12.0 Å². The van der Waals surface area contributed by atoms with E-state index in [1.807, 2.05) is 31.4 Å². The van der Waals surface area contributed by atoms with Crippen LogP contribution in [-0.4, -0.2) is 73.4 Å².